The van der Waals surface area contributed by atoms with Crippen LogP contribution < -0.4 is 10.5 Å². The van der Waals surface area contributed by atoms with Gasteiger partial charge >= 0.3 is 0 Å². The van der Waals surface area contributed by atoms with Crippen LogP contribution in [0.2, 0.25) is 0 Å². The van der Waals surface area contributed by atoms with Crippen molar-refractivity contribution in [3.8, 4) is 5.88 Å². The smallest absolute Gasteiger partial charge is 0.247 e. The number of aromatic nitrogens is 4. The fraction of sp³-hybridized carbons (Fsp3) is 0.281. The molecule has 3 aromatic carbocycles. The molecule has 0 saturated heterocycles. The number of fused-ring (bicyclic) bond motifs is 1. The molecule has 1 fully saturated rings. The Morgan fingerprint density at radius 3 is 2.07 bits per heavy atom. The lowest BCUT2D eigenvalue weighted by atomic mass is 10.0. The fourth-order valence-electron chi connectivity index (χ4n) is 5.37. The third-order valence-electron chi connectivity index (χ3n) is 7.50. The van der Waals surface area contributed by atoms with Crippen LogP contribution in [0.15, 0.2) is 97.3 Å². The number of hydrogen-bond donors (Lipinski definition) is 2. The van der Waals surface area contributed by atoms with Crippen molar-refractivity contribution in [2.24, 2.45) is 5.92 Å². The molecule has 1 saturated carbocycles. The van der Waals surface area contributed by atoms with Crippen LogP contribution in [0.5, 0.6) is 5.88 Å². The Morgan fingerprint density at radius 1 is 0.805 bits per heavy atom. The number of aliphatic hydroxyl groups excluding tert-OH is 1. The van der Waals surface area contributed by atoms with E-state index in [1.165, 1.54) is 0 Å². The molecule has 9 heteroatoms. The van der Waals surface area contributed by atoms with E-state index in [9.17, 15) is 5.11 Å². The first kappa shape index (κ1) is 26.9. The van der Waals surface area contributed by atoms with E-state index >= 15 is 0 Å². The van der Waals surface area contributed by atoms with Crippen LogP contribution >= 0.6 is 0 Å². The number of hydrogen-bond acceptors (Lipinski definition) is 8. The summed E-state index contributed by atoms with van der Waals surface area (Å²) in [5.74, 6) is 0.134. The molecule has 2 aromatic heterocycles. The number of nitrogen functional groups attached to an aromatic ring is 1. The summed E-state index contributed by atoms with van der Waals surface area (Å²) in [6.45, 7) is 1.57. The predicted molar refractivity (Wildman–Crippen MR) is 155 cm³/mol. The molecule has 2 heterocycles. The van der Waals surface area contributed by atoms with Gasteiger partial charge in [0.1, 0.15) is 6.61 Å². The highest BCUT2D eigenvalue weighted by molar-refractivity contribution is 5.77. The molecule has 41 heavy (non-hydrogen) atoms. The van der Waals surface area contributed by atoms with E-state index in [0.717, 1.165) is 16.7 Å². The van der Waals surface area contributed by atoms with Gasteiger partial charge < -0.3 is 29.6 Å². The minimum atomic E-state index is -0.756. The maximum absolute atomic E-state index is 11.6. The molecule has 3 N–H and O–H groups in total. The summed E-state index contributed by atoms with van der Waals surface area (Å²) in [5, 5.41) is 11.6. The van der Waals surface area contributed by atoms with Gasteiger partial charge in [-0.15, -0.1) is 0 Å². The Morgan fingerprint density at radius 2 is 1.41 bits per heavy atom. The van der Waals surface area contributed by atoms with Crippen LogP contribution in [0.25, 0.3) is 11.2 Å². The van der Waals surface area contributed by atoms with Crippen LogP contribution in [-0.4, -0.2) is 43.4 Å². The molecular weight excluding hydrogens is 518 g/mol. The highest BCUT2D eigenvalue weighted by atomic mass is 16.5. The number of imidazole rings is 1. The molecular formula is C32H33N5O4. The number of anilines is 1. The molecule has 5 aromatic rings. The average Bonchev–Trinajstić information content (AvgIpc) is 3.56. The van der Waals surface area contributed by atoms with Gasteiger partial charge in [0, 0.05) is 5.92 Å². The Kier molecular flexibility index (Phi) is 8.18. The lowest BCUT2D eigenvalue weighted by Crippen LogP contribution is -2.31. The molecule has 0 amide bonds. The van der Waals surface area contributed by atoms with Crippen LogP contribution in [0.1, 0.15) is 29.2 Å². The molecule has 4 atom stereocenters. The van der Waals surface area contributed by atoms with Gasteiger partial charge in [0.05, 0.1) is 44.4 Å². The quantitative estimate of drug-likeness (QED) is 0.242. The summed E-state index contributed by atoms with van der Waals surface area (Å²) >= 11 is 0. The van der Waals surface area contributed by atoms with E-state index in [0.29, 0.717) is 49.9 Å². The Balaban J connectivity index is 1.23. The normalized spacial score (nSPS) is 20.4. The van der Waals surface area contributed by atoms with Crippen LogP contribution in [0.4, 0.5) is 5.95 Å². The zero-order chi connectivity index (χ0) is 28.0. The number of rotatable bonds is 11. The van der Waals surface area contributed by atoms with Gasteiger partial charge in [0.25, 0.3) is 0 Å². The number of ether oxygens (including phenoxy) is 3. The topological polar surface area (TPSA) is 118 Å². The fourth-order valence-corrected chi connectivity index (χ4v) is 5.37. The summed E-state index contributed by atoms with van der Waals surface area (Å²) < 4.78 is 20.3. The van der Waals surface area contributed by atoms with Crippen molar-refractivity contribution in [3.05, 3.63) is 114 Å². The number of nitrogens with zero attached hydrogens (tertiary/aromatic N) is 4. The lowest BCUT2D eigenvalue weighted by Gasteiger charge is -2.23. The van der Waals surface area contributed by atoms with Crippen molar-refractivity contribution in [2.45, 2.75) is 44.5 Å². The van der Waals surface area contributed by atoms with E-state index in [-0.39, 0.29) is 24.0 Å². The number of benzene rings is 3. The molecule has 6 rings (SSSR count). The maximum atomic E-state index is 11.6. The largest absolute Gasteiger partial charge is 0.471 e. The molecule has 1 aliphatic carbocycles. The van der Waals surface area contributed by atoms with Gasteiger partial charge in [-0.3, -0.25) is 0 Å². The number of nitrogens with two attached hydrogens (primary N) is 1. The molecule has 0 spiro atoms. The maximum Gasteiger partial charge on any atom is 0.247 e. The molecule has 9 nitrogen and oxygen atoms in total. The summed E-state index contributed by atoms with van der Waals surface area (Å²) in [4.78, 5) is 13.3. The highest BCUT2D eigenvalue weighted by Crippen LogP contribution is 2.40. The molecule has 0 radical (unpaired) electrons. The van der Waals surface area contributed by atoms with E-state index in [1.54, 1.807) is 6.33 Å². The van der Waals surface area contributed by atoms with Crippen molar-refractivity contribution in [1.29, 1.82) is 0 Å². The lowest BCUT2D eigenvalue weighted by molar-refractivity contribution is -0.0475. The zero-order valence-corrected chi connectivity index (χ0v) is 22.6. The van der Waals surface area contributed by atoms with Gasteiger partial charge in [0.2, 0.25) is 11.8 Å². The summed E-state index contributed by atoms with van der Waals surface area (Å²) in [5.41, 5.74) is 10.2. The SMILES string of the molecule is Nc1nc(OCc2ccccc2)c2ncn([C@@H]3C[C@@H](OCc4ccccc4)[C@@H](COCc4ccccc4)[C@H]3O)c2n1. The van der Waals surface area contributed by atoms with Gasteiger partial charge in [0.15, 0.2) is 11.2 Å². The summed E-state index contributed by atoms with van der Waals surface area (Å²) in [6.07, 6.45) is 1.23. The van der Waals surface area contributed by atoms with Crippen LogP contribution in [0.3, 0.4) is 0 Å². The molecule has 0 unspecified atom stereocenters. The van der Waals surface area contributed by atoms with E-state index in [4.69, 9.17) is 19.9 Å². The van der Waals surface area contributed by atoms with Gasteiger partial charge in [-0.25, -0.2) is 4.98 Å². The van der Waals surface area contributed by atoms with Crippen molar-refractivity contribution in [3.63, 3.8) is 0 Å². The van der Waals surface area contributed by atoms with Crippen LogP contribution in [-0.2, 0) is 29.3 Å². The van der Waals surface area contributed by atoms with Gasteiger partial charge in [-0.2, -0.15) is 9.97 Å². The Labute approximate surface area is 238 Å². The second-order valence-corrected chi connectivity index (χ2v) is 10.3. The van der Waals surface area contributed by atoms with E-state index in [1.807, 2.05) is 95.6 Å². The Bertz CT molecular complexity index is 1550. The van der Waals surface area contributed by atoms with Gasteiger partial charge in [-0.1, -0.05) is 91.0 Å². The van der Waals surface area contributed by atoms with Crippen molar-refractivity contribution >= 4 is 17.1 Å². The second kappa shape index (κ2) is 12.5. The standard InChI is InChI=1S/C32H33N5O4/c33-32-35-30-28(31(36-32)41-19-24-14-8-3-9-15-24)34-21-37(30)26-16-27(40-18-23-12-6-2-7-13-23)25(29(26)38)20-39-17-22-10-4-1-5-11-22/h1-15,21,25-27,29,38H,16-20H2,(H2,33,35,36)/t25-,26-,27-,29-/m1/s1. The Hall–Kier alpha value is -4.31. The van der Waals surface area contributed by atoms with Gasteiger partial charge in [-0.05, 0) is 23.1 Å². The third-order valence-corrected chi connectivity index (χ3v) is 7.50. The van der Waals surface area contributed by atoms with Crippen LogP contribution in [0, 0.1) is 5.92 Å². The molecule has 0 bridgehead atoms. The second-order valence-electron chi connectivity index (χ2n) is 10.3. The highest BCUT2D eigenvalue weighted by Gasteiger charge is 2.45. The number of aliphatic hydroxyl groups is 1. The molecule has 210 valence electrons. The first-order valence-electron chi connectivity index (χ1n) is 13.8. The zero-order valence-electron chi connectivity index (χ0n) is 22.6. The summed E-state index contributed by atoms with van der Waals surface area (Å²) in [7, 11) is 0. The van der Waals surface area contributed by atoms with Crippen molar-refractivity contribution in [1.82, 2.24) is 19.5 Å². The monoisotopic (exact) mass is 551 g/mol. The van der Waals surface area contributed by atoms with E-state index in [2.05, 4.69) is 15.0 Å². The minimum absolute atomic E-state index is 0.0782. The first-order chi connectivity index (χ1) is 20.2. The first-order valence-corrected chi connectivity index (χ1v) is 13.8. The molecule has 0 aliphatic heterocycles. The predicted octanol–water partition coefficient (Wildman–Crippen LogP) is 4.71. The minimum Gasteiger partial charge on any atom is -0.471 e. The van der Waals surface area contributed by atoms with Crippen molar-refractivity contribution < 1.29 is 19.3 Å². The summed E-state index contributed by atoms with van der Waals surface area (Å²) in [6, 6.07) is 29.5. The average molecular weight is 552 g/mol. The van der Waals surface area contributed by atoms with E-state index < -0.39 is 6.10 Å². The van der Waals surface area contributed by atoms with Crippen molar-refractivity contribution in [2.75, 3.05) is 12.3 Å². The third kappa shape index (κ3) is 6.22. The molecule has 1 aliphatic rings.